The number of carbonyl (C=O) groups is 1. The van der Waals surface area contributed by atoms with Crippen molar-refractivity contribution in [3.8, 4) is 0 Å². The van der Waals surface area contributed by atoms with Gasteiger partial charge in [-0.25, -0.2) is 4.79 Å². The summed E-state index contributed by atoms with van der Waals surface area (Å²) in [6, 6.07) is 7.15. The predicted molar refractivity (Wildman–Crippen MR) is 67.8 cm³/mol. The summed E-state index contributed by atoms with van der Waals surface area (Å²) in [5.41, 5.74) is 7.26. The van der Waals surface area contributed by atoms with Gasteiger partial charge in [0, 0.05) is 19.3 Å². The molecule has 0 aromatic heterocycles. The lowest BCUT2D eigenvalue weighted by molar-refractivity contribution is 0.173. The highest BCUT2D eigenvalue weighted by Gasteiger charge is 2.06. The molecule has 2 amide bonds. The molecule has 0 aliphatic carbocycles. The number of nitrogens with one attached hydrogen (secondary N) is 2. The maximum atomic E-state index is 11.5. The normalized spacial score (nSPS) is 11.9. The number of carbonyl (C=O) groups excluding carboxylic acids is 1. The Labute approximate surface area is 101 Å². The van der Waals surface area contributed by atoms with Crippen LogP contribution in [0.4, 0.5) is 10.5 Å². The van der Waals surface area contributed by atoms with Crippen molar-refractivity contribution >= 4 is 11.7 Å². The van der Waals surface area contributed by atoms with Gasteiger partial charge in [-0.05, 0) is 24.6 Å². The average Bonchev–Trinajstić information content (AvgIpc) is 2.30. The molecule has 1 unspecified atom stereocenters. The van der Waals surface area contributed by atoms with Crippen LogP contribution in [0.2, 0.25) is 0 Å². The van der Waals surface area contributed by atoms with E-state index in [1.165, 1.54) is 0 Å². The third-order valence-electron chi connectivity index (χ3n) is 2.24. The monoisotopic (exact) mass is 237 g/mol. The molecule has 0 heterocycles. The van der Waals surface area contributed by atoms with Crippen LogP contribution in [0, 0.1) is 0 Å². The molecule has 5 nitrogen and oxygen atoms in total. The highest BCUT2D eigenvalue weighted by atomic mass is 16.5. The largest absolute Gasteiger partial charge is 0.383 e. The van der Waals surface area contributed by atoms with Gasteiger partial charge < -0.3 is 21.1 Å². The summed E-state index contributed by atoms with van der Waals surface area (Å²) in [5.74, 6) is 0. The summed E-state index contributed by atoms with van der Waals surface area (Å²) in [5, 5.41) is 5.49. The van der Waals surface area contributed by atoms with Gasteiger partial charge in [-0.2, -0.15) is 0 Å². The van der Waals surface area contributed by atoms with Crippen LogP contribution < -0.4 is 16.4 Å². The van der Waals surface area contributed by atoms with Crippen molar-refractivity contribution in [3.63, 3.8) is 0 Å². The van der Waals surface area contributed by atoms with Crippen LogP contribution in [0.15, 0.2) is 24.3 Å². The van der Waals surface area contributed by atoms with E-state index in [0.29, 0.717) is 13.2 Å². The molecule has 4 N–H and O–H groups in total. The number of hydrogen-bond acceptors (Lipinski definition) is 3. The van der Waals surface area contributed by atoms with Gasteiger partial charge in [0.15, 0.2) is 0 Å². The standard InChI is InChI=1S/C12H19N3O2/c1-9(8-17-2)14-12(16)15-11-5-3-10(7-13)4-6-11/h3-6,9H,7-8,13H2,1-2H3,(H2,14,15,16). The molecule has 0 fully saturated rings. The minimum atomic E-state index is -0.241. The van der Waals surface area contributed by atoms with Crippen molar-refractivity contribution in [1.82, 2.24) is 5.32 Å². The predicted octanol–water partition coefficient (Wildman–Crippen LogP) is 1.30. The van der Waals surface area contributed by atoms with Crippen molar-refractivity contribution in [2.75, 3.05) is 19.0 Å². The van der Waals surface area contributed by atoms with Crippen LogP contribution in [0.25, 0.3) is 0 Å². The molecule has 0 saturated carbocycles. The molecule has 1 aromatic rings. The summed E-state index contributed by atoms with van der Waals surface area (Å²) >= 11 is 0. The van der Waals surface area contributed by atoms with E-state index in [2.05, 4.69) is 10.6 Å². The van der Waals surface area contributed by atoms with Crippen molar-refractivity contribution in [3.05, 3.63) is 29.8 Å². The van der Waals surface area contributed by atoms with Crippen LogP contribution in [0.3, 0.4) is 0 Å². The van der Waals surface area contributed by atoms with Gasteiger partial charge >= 0.3 is 6.03 Å². The van der Waals surface area contributed by atoms with Gasteiger partial charge in [-0.15, -0.1) is 0 Å². The van der Waals surface area contributed by atoms with Crippen molar-refractivity contribution < 1.29 is 9.53 Å². The molecule has 0 spiro atoms. The van der Waals surface area contributed by atoms with E-state index in [0.717, 1.165) is 11.3 Å². The Morgan fingerprint density at radius 2 is 2.06 bits per heavy atom. The highest BCUT2D eigenvalue weighted by molar-refractivity contribution is 5.89. The van der Waals surface area contributed by atoms with Crippen molar-refractivity contribution in [2.45, 2.75) is 19.5 Å². The lowest BCUT2D eigenvalue weighted by atomic mass is 10.2. The average molecular weight is 237 g/mol. The molecule has 0 saturated heterocycles. The molecular weight excluding hydrogens is 218 g/mol. The number of benzene rings is 1. The van der Waals surface area contributed by atoms with Gasteiger partial charge in [0.2, 0.25) is 0 Å². The van der Waals surface area contributed by atoms with Crippen LogP contribution >= 0.6 is 0 Å². The minimum absolute atomic E-state index is 0.0247. The second-order valence-electron chi connectivity index (χ2n) is 3.86. The number of rotatable bonds is 5. The number of methoxy groups -OCH3 is 1. The summed E-state index contributed by atoms with van der Waals surface area (Å²) in [7, 11) is 1.60. The van der Waals surface area contributed by atoms with Crippen LogP contribution in [0.1, 0.15) is 12.5 Å². The fourth-order valence-corrected chi connectivity index (χ4v) is 1.41. The molecule has 17 heavy (non-hydrogen) atoms. The number of hydrogen-bond donors (Lipinski definition) is 3. The van der Waals surface area contributed by atoms with Crippen LogP contribution in [0.5, 0.6) is 0 Å². The van der Waals surface area contributed by atoms with E-state index in [-0.39, 0.29) is 12.1 Å². The molecule has 1 rings (SSSR count). The Hall–Kier alpha value is -1.59. The Morgan fingerprint density at radius 1 is 1.41 bits per heavy atom. The highest BCUT2D eigenvalue weighted by Crippen LogP contribution is 2.08. The van der Waals surface area contributed by atoms with E-state index < -0.39 is 0 Å². The van der Waals surface area contributed by atoms with Crippen molar-refractivity contribution in [1.29, 1.82) is 0 Å². The topological polar surface area (TPSA) is 76.4 Å². The van der Waals surface area contributed by atoms with E-state index in [4.69, 9.17) is 10.5 Å². The number of anilines is 1. The van der Waals surface area contributed by atoms with Crippen LogP contribution in [-0.2, 0) is 11.3 Å². The summed E-state index contributed by atoms with van der Waals surface area (Å²) in [4.78, 5) is 11.5. The zero-order valence-electron chi connectivity index (χ0n) is 10.2. The minimum Gasteiger partial charge on any atom is -0.383 e. The van der Waals surface area contributed by atoms with Gasteiger partial charge in [-0.3, -0.25) is 0 Å². The lowest BCUT2D eigenvalue weighted by Crippen LogP contribution is -2.38. The van der Waals surface area contributed by atoms with E-state index in [1.54, 1.807) is 7.11 Å². The number of urea groups is 1. The first-order valence-electron chi connectivity index (χ1n) is 5.51. The third kappa shape index (κ3) is 4.84. The number of nitrogens with two attached hydrogens (primary N) is 1. The molecule has 1 aromatic carbocycles. The van der Waals surface area contributed by atoms with Gasteiger partial charge in [0.05, 0.1) is 12.6 Å². The first-order valence-corrected chi connectivity index (χ1v) is 5.51. The Kier molecular flexibility index (Phi) is 5.45. The van der Waals surface area contributed by atoms with Crippen LogP contribution in [-0.4, -0.2) is 25.8 Å². The fraction of sp³-hybridized carbons (Fsp3) is 0.417. The van der Waals surface area contributed by atoms with E-state index in [1.807, 2.05) is 31.2 Å². The summed E-state index contributed by atoms with van der Waals surface area (Å²) in [6.07, 6.45) is 0. The lowest BCUT2D eigenvalue weighted by Gasteiger charge is -2.13. The van der Waals surface area contributed by atoms with Gasteiger partial charge in [0.25, 0.3) is 0 Å². The molecule has 0 radical (unpaired) electrons. The maximum Gasteiger partial charge on any atom is 0.319 e. The second kappa shape index (κ2) is 6.88. The first kappa shape index (κ1) is 13.5. The number of amides is 2. The summed E-state index contributed by atoms with van der Waals surface area (Å²) < 4.78 is 4.93. The molecule has 94 valence electrons. The SMILES string of the molecule is COCC(C)NC(=O)Nc1ccc(CN)cc1. The molecular formula is C12H19N3O2. The molecule has 0 aliphatic heterocycles. The zero-order chi connectivity index (χ0) is 12.7. The number of ether oxygens (including phenoxy) is 1. The van der Waals surface area contributed by atoms with Gasteiger partial charge in [-0.1, -0.05) is 12.1 Å². The quantitative estimate of drug-likeness (QED) is 0.722. The Balaban J connectivity index is 2.44. The maximum absolute atomic E-state index is 11.5. The van der Waals surface area contributed by atoms with Gasteiger partial charge in [0.1, 0.15) is 0 Å². The summed E-state index contributed by atoms with van der Waals surface area (Å²) in [6.45, 7) is 2.86. The first-order chi connectivity index (χ1) is 8.15. The van der Waals surface area contributed by atoms with E-state index >= 15 is 0 Å². The molecule has 0 bridgehead atoms. The fourth-order valence-electron chi connectivity index (χ4n) is 1.41. The zero-order valence-corrected chi connectivity index (χ0v) is 10.2. The Bertz CT molecular complexity index is 351. The third-order valence-corrected chi connectivity index (χ3v) is 2.24. The molecule has 1 atom stereocenters. The Morgan fingerprint density at radius 3 is 2.59 bits per heavy atom. The van der Waals surface area contributed by atoms with E-state index in [9.17, 15) is 4.79 Å². The smallest absolute Gasteiger partial charge is 0.319 e. The second-order valence-corrected chi connectivity index (χ2v) is 3.86. The van der Waals surface area contributed by atoms with Crippen molar-refractivity contribution in [2.24, 2.45) is 5.73 Å². The molecule has 5 heteroatoms. The molecule has 0 aliphatic rings.